The molecule has 0 aliphatic carbocycles. The molecule has 0 atom stereocenters. The minimum atomic E-state index is -4.48. The maximum atomic E-state index is 11.2. The molecule has 7 nitrogen and oxygen atoms in total. The van der Waals surface area contributed by atoms with Gasteiger partial charge in [-0.05, 0) is 30.9 Å². The van der Waals surface area contributed by atoms with Crippen LogP contribution in [0, 0.1) is 0 Å². The van der Waals surface area contributed by atoms with E-state index in [1.807, 2.05) is 0 Å². The summed E-state index contributed by atoms with van der Waals surface area (Å²) in [4.78, 5) is -0.0501. The van der Waals surface area contributed by atoms with Gasteiger partial charge in [0.2, 0.25) is 10.4 Å². The van der Waals surface area contributed by atoms with E-state index < -0.39 is 20.5 Å². The van der Waals surface area contributed by atoms with Crippen molar-refractivity contribution in [2.45, 2.75) is 154 Å². The fourth-order valence-electron chi connectivity index (χ4n) is 4.51. The van der Waals surface area contributed by atoms with E-state index in [0.717, 1.165) is 25.7 Å². The normalized spacial score (nSPS) is 11.2. The number of unbranched alkanes of at least 4 members (excludes halogenated alkanes) is 18. The first kappa shape index (κ1) is 46.4. The molecule has 1 rings (SSSR count). The first-order valence-corrected chi connectivity index (χ1v) is 18.0. The zero-order chi connectivity index (χ0) is 29.2. The summed E-state index contributed by atoms with van der Waals surface area (Å²) in [5.41, 5.74) is 0.664. The molecule has 11 heteroatoms. The minimum Gasteiger partial charge on any atom is -0.744 e. The van der Waals surface area contributed by atoms with Crippen molar-refractivity contribution in [3.05, 3.63) is 29.8 Å². The van der Waals surface area contributed by atoms with E-state index in [4.69, 9.17) is 0 Å². The Hall–Kier alpha value is 1.00. The summed E-state index contributed by atoms with van der Waals surface area (Å²) in [7, 11) is -8.83. The number of aryl methyl sites for hydroxylation is 1. The van der Waals surface area contributed by atoms with E-state index in [1.54, 1.807) is 18.2 Å². The summed E-state index contributed by atoms with van der Waals surface area (Å²) in [5.74, 6) is 0. The summed E-state index contributed by atoms with van der Waals surface area (Å²) in [6, 6.07) is 6.56. The van der Waals surface area contributed by atoms with Crippen molar-refractivity contribution in [1.82, 2.24) is 0 Å². The molecule has 0 bridgehead atoms. The number of benzene rings is 1. The van der Waals surface area contributed by atoms with Gasteiger partial charge in [0, 0.05) is 0 Å². The van der Waals surface area contributed by atoms with Crippen LogP contribution in [0.1, 0.15) is 148 Å². The van der Waals surface area contributed by atoms with Crippen molar-refractivity contribution < 1.29 is 89.2 Å². The van der Waals surface area contributed by atoms with Crippen LogP contribution in [-0.4, -0.2) is 32.5 Å². The Morgan fingerprint density at radius 3 is 1.32 bits per heavy atom. The van der Waals surface area contributed by atoms with Gasteiger partial charge in [-0.25, -0.2) is 16.8 Å². The average molecular weight is 637 g/mol. The molecule has 0 aliphatic heterocycles. The van der Waals surface area contributed by atoms with Crippen LogP contribution in [0.4, 0.5) is 0 Å². The molecule has 1 aromatic carbocycles. The second-order valence-corrected chi connectivity index (χ2v) is 12.8. The van der Waals surface area contributed by atoms with Crippen LogP contribution >= 0.6 is 0 Å². The van der Waals surface area contributed by atoms with Gasteiger partial charge in [-0.2, -0.15) is 0 Å². The van der Waals surface area contributed by atoms with E-state index in [0.29, 0.717) is 18.4 Å². The van der Waals surface area contributed by atoms with Crippen LogP contribution in [0.25, 0.3) is 0 Å². The molecule has 0 spiro atoms. The van der Waals surface area contributed by atoms with Crippen LogP contribution in [0.15, 0.2) is 29.2 Å². The number of hydrogen-bond donors (Lipinski definition) is 0. The first-order chi connectivity index (χ1) is 18.6. The third-order valence-corrected chi connectivity index (χ3v) is 8.16. The number of rotatable bonds is 24. The third kappa shape index (κ3) is 32.2. The van der Waals surface area contributed by atoms with E-state index in [2.05, 4.69) is 18.0 Å². The van der Waals surface area contributed by atoms with E-state index in [9.17, 15) is 25.9 Å². The Labute approximate surface area is 297 Å². The zero-order valence-electron chi connectivity index (χ0n) is 26.5. The van der Waals surface area contributed by atoms with Crippen LogP contribution in [0.3, 0.4) is 0 Å². The Balaban J connectivity index is -0.000000693. The maximum absolute atomic E-state index is 11.2. The molecule has 0 saturated heterocycles. The summed E-state index contributed by atoms with van der Waals surface area (Å²) >= 11 is 0. The quantitative estimate of drug-likeness (QED) is 0.0739. The monoisotopic (exact) mass is 636 g/mol. The van der Waals surface area contributed by atoms with Crippen LogP contribution in [-0.2, 0) is 31.1 Å². The third-order valence-electron chi connectivity index (χ3n) is 6.77. The molecule has 0 aliphatic rings. The van der Waals surface area contributed by atoms with Gasteiger partial charge in [-0.3, -0.25) is 4.18 Å². The molecule has 1 aromatic rings. The van der Waals surface area contributed by atoms with Gasteiger partial charge in [-0.15, -0.1) is 0 Å². The van der Waals surface area contributed by atoms with Crippen molar-refractivity contribution in [2.75, 3.05) is 6.61 Å². The van der Waals surface area contributed by atoms with Crippen molar-refractivity contribution >= 4 is 20.5 Å². The average Bonchev–Trinajstić information content (AvgIpc) is 2.88. The number of hydrogen-bond acceptors (Lipinski definition) is 7. The largest absolute Gasteiger partial charge is 1.00 e. The molecule has 0 radical (unpaired) electrons. The Morgan fingerprint density at radius 1 is 0.561 bits per heavy atom. The van der Waals surface area contributed by atoms with Crippen LogP contribution in [0.2, 0.25) is 0 Å². The smallest absolute Gasteiger partial charge is 0.744 e. The van der Waals surface area contributed by atoms with Crippen molar-refractivity contribution in [3.63, 3.8) is 0 Å². The molecule has 0 unspecified atom stereocenters. The first-order valence-electron chi connectivity index (χ1n) is 15.3. The molecule has 0 N–H and O–H groups in total. The summed E-state index contributed by atoms with van der Waals surface area (Å²) in [6.45, 7) is 4.47. The Kier molecular flexibility index (Phi) is 35.1. The molecule has 41 heavy (non-hydrogen) atoms. The predicted molar refractivity (Wildman–Crippen MR) is 157 cm³/mol. The van der Waals surface area contributed by atoms with E-state index in [1.165, 1.54) is 102 Å². The molecular weight excluding hydrogens is 582 g/mol. The molecule has 230 valence electrons. The van der Waals surface area contributed by atoms with Gasteiger partial charge in [0.15, 0.2) is 0 Å². The summed E-state index contributed by atoms with van der Waals surface area (Å²) in [5, 5.41) is 0. The molecule has 0 fully saturated rings. The maximum Gasteiger partial charge on any atom is 1.00 e. The van der Waals surface area contributed by atoms with Gasteiger partial charge in [0.05, 0.1) is 11.5 Å². The topological polar surface area (TPSA) is 124 Å². The van der Waals surface area contributed by atoms with Gasteiger partial charge in [0.25, 0.3) is 0 Å². The van der Waals surface area contributed by atoms with Gasteiger partial charge in [0.1, 0.15) is 10.1 Å². The van der Waals surface area contributed by atoms with E-state index in [-0.39, 0.29) is 70.6 Å². The van der Waals surface area contributed by atoms with Crippen LogP contribution < -0.4 is 59.1 Å². The second kappa shape index (κ2) is 31.0. The van der Waals surface area contributed by atoms with E-state index >= 15 is 0 Å². The van der Waals surface area contributed by atoms with Gasteiger partial charge < -0.3 is 9.11 Å². The summed E-state index contributed by atoms with van der Waals surface area (Å²) in [6.07, 6.45) is 24.9. The Morgan fingerprint density at radius 2 is 0.927 bits per heavy atom. The van der Waals surface area contributed by atoms with Gasteiger partial charge >= 0.3 is 59.1 Å². The standard InChI is InChI=1S/C18H30O3S.C12H26O4S.2Na/c1-2-3-4-5-6-7-8-9-10-11-14-17-15-12-13-16-18(17)22(19,20)21;1-2-3-4-5-6-7-8-9-10-11-12-16-17(13,14)15;;/h12-13,15-16H,2-11,14H2,1H3,(H,19,20,21);2-12H2,1H3,(H,13,14,15);;/q;;2*+1/p-2. The molecule has 0 saturated carbocycles. The minimum absolute atomic E-state index is 0. The fourth-order valence-corrected chi connectivity index (χ4v) is 5.57. The molecule has 0 aromatic heterocycles. The molecule has 0 heterocycles. The molecule has 0 amide bonds. The van der Waals surface area contributed by atoms with Crippen molar-refractivity contribution in [2.24, 2.45) is 0 Å². The van der Waals surface area contributed by atoms with Crippen molar-refractivity contribution in [3.8, 4) is 0 Å². The summed E-state index contributed by atoms with van der Waals surface area (Å²) < 4.78 is 68.0. The Bertz CT molecular complexity index is 911. The predicted octanol–water partition coefficient (Wildman–Crippen LogP) is 2.45. The SMILES string of the molecule is CCCCCCCCCCCCOS(=O)(=O)[O-].CCCCCCCCCCCCc1ccccc1S(=O)(=O)[O-].[Na+].[Na+]. The van der Waals surface area contributed by atoms with Crippen molar-refractivity contribution in [1.29, 1.82) is 0 Å². The van der Waals surface area contributed by atoms with Crippen LogP contribution in [0.5, 0.6) is 0 Å². The molecular formula is C30H54Na2O7S2. The van der Waals surface area contributed by atoms with Gasteiger partial charge in [-0.1, -0.05) is 148 Å². The second-order valence-electron chi connectivity index (χ2n) is 10.4. The fraction of sp³-hybridized carbons (Fsp3) is 0.800. The zero-order valence-corrected chi connectivity index (χ0v) is 32.2.